The molecule has 29 heavy (non-hydrogen) atoms. The lowest BCUT2D eigenvalue weighted by Gasteiger charge is -2.51. The highest BCUT2D eigenvalue weighted by Gasteiger charge is 2.54. The molecule has 7 nitrogen and oxygen atoms in total. The van der Waals surface area contributed by atoms with Crippen LogP contribution in [0.25, 0.3) is 0 Å². The molecule has 6 rings (SSSR count). The highest BCUT2D eigenvalue weighted by molar-refractivity contribution is 5.94. The van der Waals surface area contributed by atoms with Crippen molar-refractivity contribution in [2.24, 2.45) is 5.92 Å². The van der Waals surface area contributed by atoms with Crippen molar-refractivity contribution in [1.82, 2.24) is 19.8 Å². The predicted molar refractivity (Wildman–Crippen MR) is 108 cm³/mol. The van der Waals surface area contributed by atoms with Crippen molar-refractivity contribution in [3.8, 4) is 5.75 Å². The van der Waals surface area contributed by atoms with Crippen LogP contribution in [0.3, 0.4) is 0 Å². The molecule has 152 valence electrons. The Morgan fingerprint density at radius 3 is 2.55 bits per heavy atom. The van der Waals surface area contributed by atoms with Gasteiger partial charge in [0, 0.05) is 24.7 Å². The maximum absolute atomic E-state index is 13.4. The van der Waals surface area contributed by atoms with E-state index < -0.39 is 0 Å². The van der Waals surface area contributed by atoms with E-state index in [1.54, 1.807) is 14.0 Å². The molecule has 0 spiro atoms. The molecular weight excluding hydrogens is 368 g/mol. The van der Waals surface area contributed by atoms with Gasteiger partial charge < -0.3 is 14.6 Å². The Labute approximate surface area is 169 Å². The third kappa shape index (κ3) is 2.95. The number of ether oxygens (including phenoxy) is 1. The number of carbonyl (C=O) groups is 1. The van der Waals surface area contributed by atoms with Crippen molar-refractivity contribution in [3.63, 3.8) is 0 Å². The van der Waals surface area contributed by atoms with Crippen LogP contribution in [-0.2, 0) is 0 Å². The second-order valence-electron chi connectivity index (χ2n) is 8.40. The SMILES string of the molecule is COc1ccc([C@@H]2CN(C(=O)c3cnc(C)[nH]c3=O)[C@@H]3C4CCN(CC4)[C@@H]32)cc1. The van der Waals surface area contributed by atoms with Crippen molar-refractivity contribution in [3.05, 3.63) is 57.8 Å². The van der Waals surface area contributed by atoms with Crippen molar-refractivity contribution in [2.75, 3.05) is 26.7 Å². The Balaban J connectivity index is 1.52. The molecule has 7 heteroatoms. The van der Waals surface area contributed by atoms with E-state index in [1.165, 1.54) is 11.8 Å². The van der Waals surface area contributed by atoms with E-state index in [9.17, 15) is 9.59 Å². The number of rotatable bonds is 3. The summed E-state index contributed by atoms with van der Waals surface area (Å²) in [5, 5.41) is 0. The van der Waals surface area contributed by atoms with Crippen LogP contribution in [0, 0.1) is 12.8 Å². The lowest BCUT2D eigenvalue weighted by atomic mass is 9.75. The van der Waals surface area contributed by atoms with Crippen molar-refractivity contribution < 1.29 is 9.53 Å². The summed E-state index contributed by atoms with van der Waals surface area (Å²) in [6, 6.07) is 8.64. The predicted octanol–water partition coefficient (Wildman–Crippen LogP) is 1.79. The Hall–Kier alpha value is -2.67. The molecule has 4 saturated heterocycles. The average molecular weight is 394 g/mol. The number of H-pyrrole nitrogens is 1. The zero-order chi connectivity index (χ0) is 20.1. The van der Waals surface area contributed by atoms with Crippen LogP contribution in [0.1, 0.15) is 40.5 Å². The smallest absolute Gasteiger partial charge is 0.263 e. The van der Waals surface area contributed by atoms with E-state index in [4.69, 9.17) is 4.74 Å². The maximum Gasteiger partial charge on any atom is 0.263 e. The Kier molecular flexibility index (Phi) is 4.42. The van der Waals surface area contributed by atoms with Gasteiger partial charge >= 0.3 is 0 Å². The number of hydrogen-bond acceptors (Lipinski definition) is 5. The fourth-order valence-corrected chi connectivity index (χ4v) is 5.59. The number of carbonyl (C=O) groups excluding carboxylic acids is 1. The van der Waals surface area contributed by atoms with Crippen LogP contribution in [-0.4, -0.2) is 64.5 Å². The molecule has 1 aromatic carbocycles. The molecule has 2 bridgehead atoms. The second kappa shape index (κ2) is 6.99. The number of aromatic nitrogens is 2. The molecule has 1 N–H and O–H groups in total. The summed E-state index contributed by atoms with van der Waals surface area (Å²) >= 11 is 0. The van der Waals surface area contributed by atoms with Crippen LogP contribution in [0.2, 0.25) is 0 Å². The molecule has 0 radical (unpaired) electrons. The van der Waals surface area contributed by atoms with E-state index in [0.29, 0.717) is 24.3 Å². The van der Waals surface area contributed by atoms with Crippen LogP contribution in [0.5, 0.6) is 5.75 Å². The first-order valence-corrected chi connectivity index (χ1v) is 10.3. The van der Waals surface area contributed by atoms with Crippen molar-refractivity contribution in [2.45, 2.75) is 37.8 Å². The summed E-state index contributed by atoms with van der Waals surface area (Å²) in [6.07, 6.45) is 3.65. The molecule has 4 fully saturated rings. The summed E-state index contributed by atoms with van der Waals surface area (Å²) in [6.45, 7) is 4.52. The molecule has 5 heterocycles. The summed E-state index contributed by atoms with van der Waals surface area (Å²) in [7, 11) is 1.67. The standard InChI is InChI=1S/C22H26N4O3/c1-13-23-11-17(21(27)24-13)22(28)26-12-18(14-3-5-16(29-2)6-4-14)20-19(26)15-7-9-25(20)10-8-15/h3-6,11,15,18-20H,7-10,12H2,1-2H3,(H,23,24,27)/t18-,19+,20+/m0/s1. The van der Waals surface area contributed by atoms with Gasteiger partial charge in [-0.3, -0.25) is 14.5 Å². The molecule has 0 saturated carbocycles. The van der Waals surface area contributed by atoms with E-state index >= 15 is 0 Å². The van der Waals surface area contributed by atoms with Crippen molar-refractivity contribution >= 4 is 5.91 Å². The lowest BCUT2D eigenvalue weighted by Crippen LogP contribution is -2.61. The number of nitrogens with zero attached hydrogens (tertiary/aromatic N) is 3. The van der Waals surface area contributed by atoms with Gasteiger partial charge in [0.15, 0.2) is 0 Å². The van der Waals surface area contributed by atoms with Gasteiger partial charge in [-0.25, -0.2) is 4.98 Å². The third-order valence-corrected chi connectivity index (χ3v) is 6.96. The number of piperidine rings is 3. The quantitative estimate of drug-likeness (QED) is 0.859. The number of nitrogens with one attached hydrogen (secondary N) is 1. The summed E-state index contributed by atoms with van der Waals surface area (Å²) in [4.78, 5) is 37.1. The number of fused-ring (bicyclic) bond motifs is 2. The Bertz CT molecular complexity index is 978. The molecule has 4 aliphatic heterocycles. The van der Waals surface area contributed by atoms with Gasteiger partial charge in [-0.2, -0.15) is 0 Å². The fourth-order valence-electron chi connectivity index (χ4n) is 5.59. The highest BCUT2D eigenvalue weighted by Crippen LogP contribution is 2.47. The van der Waals surface area contributed by atoms with E-state index in [0.717, 1.165) is 31.7 Å². The number of aromatic amines is 1. The number of aryl methyl sites for hydroxylation is 1. The maximum atomic E-state index is 13.4. The summed E-state index contributed by atoms with van der Waals surface area (Å²) in [5.74, 6) is 1.88. The van der Waals surface area contributed by atoms with Gasteiger partial charge in [-0.1, -0.05) is 12.1 Å². The number of hydrogen-bond donors (Lipinski definition) is 1. The normalized spacial score (nSPS) is 30.3. The van der Waals surface area contributed by atoms with Gasteiger partial charge in [-0.15, -0.1) is 0 Å². The average Bonchev–Trinajstić information content (AvgIpc) is 3.17. The largest absolute Gasteiger partial charge is 0.497 e. The Morgan fingerprint density at radius 1 is 1.17 bits per heavy atom. The minimum Gasteiger partial charge on any atom is -0.497 e. The number of benzene rings is 1. The van der Waals surface area contributed by atoms with Gasteiger partial charge in [0.25, 0.3) is 11.5 Å². The minimum atomic E-state index is -0.353. The minimum absolute atomic E-state index is 0.140. The fraction of sp³-hybridized carbons (Fsp3) is 0.500. The van der Waals surface area contributed by atoms with Gasteiger partial charge in [0.2, 0.25) is 0 Å². The van der Waals surface area contributed by atoms with Gasteiger partial charge in [-0.05, 0) is 56.5 Å². The van der Waals surface area contributed by atoms with Crippen LogP contribution >= 0.6 is 0 Å². The molecule has 0 aliphatic carbocycles. The zero-order valence-electron chi connectivity index (χ0n) is 16.8. The monoisotopic (exact) mass is 394 g/mol. The number of likely N-dealkylation sites (tertiary alicyclic amines) is 1. The van der Waals surface area contributed by atoms with Crippen LogP contribution in [0.4, 0.5) is 0 Å². The van der Waals surface area contributed by atoms with E-state index in [2.05, 4.69) is 27.0 Å². The van der Waals surface area contributed by atoms with Crippen LogP contribution in [0.15, 0.2) is 35.3 Å². The molecule has 0 unspecified atom stereocenters. The highest BCUT2D eigenvalue weighted by atomic mass is 16.5. The molecule has 1 aromatic heterocycles. The molecular formula is C22H26N4O3. The third-order valence-electron chi connectivity index (χ3n) is 6.96. The number of amides is 1. The second-order valence-corrected chi connectivity index (χ2v) is 8.40. The van der Waals surface area contributed by atoms with Crippen LogP contribution < -0.4 is 10.3 Å². The zero-order valence-corrected chi connectivity index (χ0v) is 16.8. The first-order valence-electron chi connectivity index (χ1n) is 10.3. The molecule has 4 aliphatic rings. The number of methoxy groups -OCH3 is 1. The topological polar surface area (TPSA) is 78.5 Å². The lowest BCUT2D eigenvalue weighted by molar-refractivity contribution is -0.00347. The van der Waals surface area contributed by atoms with Gasteiger partial charge in [0.05, 0.1) is 13.2 Å². The molecule has 1 amide bonds. The summed E-state index contributed by atoms with van der Waals surface area (Å²) < 4.78 is 5.31. The first kappa shape index (κ1) is 18.4. The summed E-state index contributed by atoms with van der Waals surface area (Å²) in [5.41, 5.74) is 1.01. The molecule has 3 atom stereocenters. The molecule has 2 aromatic rings. The van der Waals surface area contributed by atoms with E-state index in [-0.39, 0.29) is 29.0 Å². The van der Waals surface area contributed by atoms with E-state index in [1.807, 2.05) is 17.0 Å². The first-order chi connectivity index (χ1) is 14.1. The van der Waals surface area contributed by atoms with Gasteiger partial charge in [0.1, 0.15) is 17.1 Å². The Morgan fingerprint density at radius 2 is 1.90 bits per heavy atom. The van der Waals surface area contributed by atoms with Crippen molar-refractivity contribution in [1.29, 1.82) is 0 Å².